The van der Waals surface area contributed by atoms with Gasteiger partial charge < -0.3 is 20.1 Å². The SMILES string of the molecule is CCN(CC)S(=O)(=O)c1cccc(C(=O)N[C@H](C(=O)Nc2ccc3c(c2)OCCO3)C(C)C)c1. The molecule has 1 atom stereocenters. The van der Waals surface area contributed by atoms with Gasteiger partial charge in [0.25, 0.3) is 5.91 Å². The predicted octanol–water partition coefficient (Wildman–Crippen LogP) is 2.88. The van der Waals surface area contributed by atoms with Gasteiger partial charge in [0.15, 0.2) is 11.5 Å². The van der Waals surface area contributed by atoms with Gasteiger partial charge in [-0.3, -0.25) is 9.59 Å². The summed E-state index contributed by atoms with van der Waals surface area (Å²) >= 11 is 0. The molecule has 1 heterocycles. The third kappa shape index (κ3) is 5.68. The molecule has 2 aromatic rings. The van der Waals surface area contributed by atoms with E-state index in [4.69, 9.17) is 9.47 Å². The Morgan fingerprint density at radius 2 is 1.68 bits per heavy atom. The van der Waals surface area contributed by atoms with E-state index in [-0.39, 0.29) is 16.4 Å². The second-order valence-corrected chi connectivity index (χ2v) is 10.1. The predicted molar refractivity (Wildman–Crippen MR) is 129 cm³/mol. The van der Waals surface area contributed by atoms with Gasteiger partial charge in [-0.25, -0.2) is 8.42 Å². The van der Waals surface area contributed by atoms with Crippen molar-refractivity contribution in [1.82, 2.24) is 9.62 Å². The molecule has 0 aromatic heterocycles. The van der Waals surface area contributed by atoms with E-state index in [2.05, 4.69) is 10.6 Å². The van der Waals surface area contributed by atoms with Crippen LogP contribution in [0.3, 0.4) is 0 Å². The largest absolute Gasteiger partial charge is 0.486 e. The van der Waals surface area contributed by atoms with Crippen LogP contribution in [0.15, 0.2) is 47.4 Å². The normalized spacial score (nSPS) is 14.1. The van der Waals surface area contributed by atoms with Gasteiger partial charge in [-0.15, -0.1) is 0 Å². The highest BCUT2D eigenvalue weighted by atomic mass is 32.2. The molecule has 0 bridgehead atoms. The third-order valence-electron chi connectivity index (χ3n) is 5.48. The highest BCUT2D eigenvalue weighted by Crippen LogP contribution is 2.32. The smallest absolute Gasteiger partial charge is 0.251 e. The van der Waals surface area contributed by atoms with Gasteiger partial charge in [-0.1, -0.05) is 33.8 Å². The number of carbonyl (C=O) groups is 2. The van der Waals surface area contributed by atoms with Crippen molar-refractivity contribution < 1.29 is 27.5 Å². The maximum Gasteiger partial charge on any atom is 0.251 e. The average molecular weight is 490 g/mol. The first-order valence-electron chi connectivity index (χ1n) is 11.3. The molecule has 9 nitrogen and oxygen atoms in total. The molecular weight excluding hydrogens is 458 g/mol. The number of rotatable bonds is 9. The molecule has 0 saturated carbocycles. The summed E-state index contributed by atoms with van der Waals surface area (Å²) in [5, 5.41) is 5.54. The van der Waals surface area contributed by atoms with Crippen molar-refractivity contribution >= 4 is 27.5 Å². The lowest BCUT2D eigenvalue weighted by atomic mass is 10.0. The number of sulfonamides is 1. The van der Waals surface area contributed by atoms with Crippen LogP contribution < -0.4 is 20.1 Å². The molecule has 2 N–H and O–H groups in total. The van der Waals surface area contributed by atoms with Crippen LogP contribution in [-0.4, -0.2) is 56.9 Å². The Morgan fingerprint density at radius 1 is 1.00 bits per heavy atom. The van der Waals surface area contributed by atoms with E-state index in [9.17, 15) is 18.0 Å². The van der Waals surface area contributed by atoms with Gasteiger partial charge in [0.2, 0.25) is 15.9 Å². The fourth-order valence-corrected chi connectivity index (χ4v) is 5.12. The molecule has 10 heteroatoms. The van der Waals surface area contributed by atoms with E-state index in [1.165, 1.54) is 28.6 Å². The zero-order valence-corrected chi connectivity index (χ0v) is 20.6. The van der Waals surface area contributed by atoms with Crippen molar-refractivity contribution in [2.24, 2.45) is 5.92 Å². The Morgan fingerprint density at radius 3 is 2.32 bits per heavy atom. The maximum absolute atomic E-state index is 13.0. The summed E-state index contributed by atoms with van der Waals surface area (Å²) in [5.41, 5.74) is 0.674. The summed E-state index contributed by atoms with van der Waals surface area (Å²) in [4.78, 5) is 26.0. The van der Waals surface area contributed by atoms with E-state index >= 15 is 0 Å². The van der Waals surface area contributed by atoms with Crippen LogP contribution in [0.1, 0.15) is 38.1 Å². The Kier molecular flexibility index (Phi) is 8.16. The number of hydrogen-bond acceptors (Lipinski definition) is 6. The minimum atomic E-state index is -3.71. The van der Waals surface area contributed by atoms with E-state index in [1.807, 2.05) is 13.8 Å². The van der Waals surface area contributed by atoms with E-state index < -0.39 is 27.9 Å². The van der Waals surface area contributed by atoms with Crippen molar-refractivity contribution in [2.45, 2.75) is 38.6 Å². The molecule has 0 fully saturated rings. The number of nitrogens with one attached hydrogen (secondary N) is 2. The second kappa shape index (κ2) is 10.9. The molecular formula is C24H31N3O6S. The molecule has 1 aliphatic rings. The first-order valence-corrected chi connectivity index (χ1v) is 12.7. The molecule has 0 saturated heterocycles. The van der Waals surface area contributed by atoms with E-state index in [1.54, 1.807) is 32.0 Å². The molecule has 0 spiro atoms. The fraction of sp³-hybridized carbons (Fsp3) is 0.417. The molecule has 34 heavy (non-hydrogen) atoms. The lowest BCUT2D eigenvalue weighted by molar-refractivity contribution is -0.118. The summed E-state index contributed by atoms with van der Waals surface area (Å²) in [6.07, 6.45) is 0. The van der Waals surface area contributed by atoms with Crippen LogP contribution in [0.25, 0.3) is 0 Å². The zero-order chi connectivity index (χ0) is 24.9. The summed E-state index contributed by atoms with van der Waals surface area (Å²) in [6.45, 7) is 8.69. The number of anilines is 1. The van der Waals surface area contributed by atoms with Crippen LogP contribution in [0.2, 0.25) is 0 Å². The quantitative estimate of drug-likeness (QED) is 0.560. The second-order valence-electron chi connectivity index (χ2n) is 8.16. The molecule has 184 valence electrons. The lowest BCUT2D eigenvalue weighted by Crippen LogP contribution is -2.47. The summed E-state index contributed by atoms with van der Waals surface area (Å²) in [7, 11) is -3.71. The molecule has 3 rings (SSSR count). The third-order valence-corrected chi connectivity index (χ3v) is 7.53. The number of carbonyl (C=O) groups excluding carboxylic acids is 2. The summed E-state index contributed by atoms with van der Waals surface area (Å²) in [5.74, 6) is 0.00114. The Hall–Kier alpha value is -3.11. The van der Waals surface area contributed by atoms with E-state index in [0.29, 0.717) is 43.5 Å². The number of amides is 2. The molecule has 1 aliphatic heterocycles. The maximum atomic E-state index is 13.0. The molecule has 2 aromatic carbocycles. The fourth-order valence-electron chi connectivity index (χ4n) is 3.61. The Bertz CT molecular complexity index is 1150. The standard InChI is InChI=1S/C24H31N3O6S/c1-5-27(6-2)34(30,31)19-9-7-8-17(14-19)23(28)26-22(16(3)4)24(29)25-18-10-11-20-21(15-18)33-13-12-32-20/h7-11,14-16,22H,5-6,12-13H2,1-4H3,(H,25,29)(H,26,28)/t22-/m0/s1. The van der Waals surface area contributed by atoms with Crippen molar-refractivity contribution in [3.63, 3.8) is 0 Å². The Balaban J connectivity index is 1.76. The van der Waals surface area contributed by atoms with Gasteiger partial charge in [-0.05, 0) is 36.2 Å². The topological polar surface area (TPSA) is 114 Å². The van der Waals surface area contributed by atoms with Gasteiger partial charge in [0.05, 0.1) is 4.90 Å². The molecule has 0 unspecified atom stereocenters. The minimum absolute atomic E-state index is 0.0330. The van der Waals surface area contributed by atoms with Crippen LogP contribution >= 0.6 is 0 Å². The van der Waals surface area contributed by atoms with Gasteiger partial charge >= 0.3 is 0 Å². The number of ether oxygens (including phenoxy) is 2. The number of nitrogens with zero attached hydrogens (tertiary/aromatic N) is 1. The highest BCUT2D eigenvalue weighted by molar-refractivity contribution is 7.89. The highest BCUT2D eigenvalue weighted by Gasteiger charge is 2.27. The van der Waals surface area contributed by atoms with Gasteiger partial charge in [0.1, 0.15) is 19.3 Å². The lowest BCUT2D eigenvalue weighted by Gasteiger charge is -2.23. The van der Waals surface area contributed by atoms with Crippen LogP contribution in [-0.2, 0) is 14.8 Å². The molecule has 0 radical (unpaired) electrons. The first kappa shape index (κ1) is 25.5. The van der Waals surface area contributed by atoms with Crippen molar-refractivity contribution in [1.29, 1.82) is 0 Å². The van der Waals surface area contributed by atoms with Crippen LogP contribution in [0.4, 0.5) is 5.69 Å². The Labute approximate surface area is 200 Å². The van der Waals surface area contributed by atoms with Crippen molar-refractivity contribution in [3.05, 3.63) is 48.0 Å². The van der Waals surface area contributed by atoms with Gasteiger partial charge in [0, 0.05) is 30.4 Å². The van der Waals surface area contributed by atoms with Gasteiger partial charge in [-0.2, -0.15) is 4.31 Å². The summed E-state index contributed by atoms with van der Waals surface area (Å²) in [6, 6.07) is 10.1. The average Bonchev–Trinajstić information content (AvgIpc) is 2.82. The van der Waals surface area contributed by atoms with Crippen LogP contribution in [0, 0.1) is 5.92 Å². The minimum Gasteiger partial charge on any atom is -0.486 e. The molecule has 0 aliphatic carbocycles. The number of hydrogen-bond donors (Lipinski definition) is 2. The monoisotopic (exact) mass is 489 g/mol. The van der Waals surface area contributed by atoms with Crippen LogP contribution in [0.5, 0.6) is 11.5 Å². The zero-order valence-electron chi connectivity index (χ0n) is 19.8. The van der Waals surface area contributed by atoms with E-state index in [0.717, 1.165) is 0 Å². The first-order chi connectivity index (χ1) is 16.2. The number of benzene rings is 2. The number of fused-ring (bicyclic) bond motifs is 1. The molecule has 2 amide bonds. The van der Waals surface area contributed by atoms with Crippen molar-refractivity contribution in [3.8, 4) is 11.5 Å². The summed E-state index contributed by atoms with van der Waals surface area (Å²) < 4.78 is 38.0. The van der Waals surface area contributed by atoms with Crippen molar-refractivity contribution in [2.75, 3.05) is 31.6 Å².